The maximum absolute atomic E-state index is 3.72. The molecule has 0 bridgehead atoms. The van der Waals surface area contributed by atoms with Crippen LogP contribution in [0, 0.1) is 19.8 Å². The molecule has 0 saturated heterocycles. The predicted octanol–water partition coefficient (Wildman–Crippen LogP) is 4.93. The smallest absolute Gasteiger partial charge is 0.0634 e. The summed E-state index contributed by atoms with van der Waals surface area (Å²) in [5.41, 5.74) is 3.98. The highest BCUT2D eigenvalue weighted by Crippen LogP contribution is 2.44. The fourth-order valence-corrected chi connectivity index (χ4v) is 3.20. The second-order valence-electron chi connectivity index (χ2n) is 5.27. The molecule has 1 saturated carbocycles. The maximum Gasteiger partial charge on any atom is 0.0634 e. The number of hydrogen-bond donors (Lipinski definition) is 1. The molecule has 0 aliphatic heterocycles. The quantitative estimate of drug-likeness (QED) is 0.819. The lowest BCUT2D eigenvalue weighted by Gasteiger charge is -2.19. The van der Waals surface area contributed by atoms with E-state index in [0.717, 1.165) is 5.92 Å². The first-order valence-corrected chi connectivity index (χ1v) is 7.49. The Labute approximate surface area is 113 Å². The summed E-state index contributed by atoms with van der Waals surface area (Å²) in [6.45, 7) is 4.34. The fourth-order valence-electron chi connectivity index (χ4n) is 2.33. The van der Waals surface area contributed by atoms with Gasteiger partial charge in [0, 0.05) is 10.6 Å². The Morgan fingerprint density at radius 3 is 2.61 bits per heavy atom. The average molecular weight is 257 g/mol. The molecule has 1 unspecified atom stereocenters. The summed E-state index contributed by atoms with van der Waals surface area (Å²) in [7, 11) is 0. The third kappa shape index (κ3) is 2.44. The molecule has 2 aromatic rings. The molecule has 0 spiro atoms. The molecule has 0 amide bonds. The number of rotatable bonds is 4. The van der Waals surface area contributed by atoms with Gasteiger partial charge in [-0.25, -0.2) is 0 Å². The van der Waals surface area contributed by atoms with Gasteiger partial charge in [0.25, 0.3) is 0 Å². The van der Waals surface area contributed by atoms with E-state index in [9.17, 15) is 0 Å². The van der Waals surface area contributed by atoms with E-state index in [1.54, 1.807) is 0 Å². The molecule has 1 fully saturated rings. The van der Waals surface area contributed by atoms with Crippen molar-refractivity contribution in [1.29, 1.82) is 0 Å². The lowest BCUT2D eigenvalue weighted by molar-refractivity contribution is 0.691. The minimum absolute atomic E-state index is 0.507. The summed E-state index contributed by atoms with van der Waals surface area (Å²) >= 11 is 1.86. The SMILES string of the molecule is Cc1ccc(NC(c2cccs2)C2CC2)cc1C. The minimum Gasteiger partial charge on any atom is -0.377 e. The first-order valence-electron chi connectivity index (χ1n) is 6.61. The van der Waals surface area contributed by atoms with Gasteiger partial charge in [0.15, 0.2) is 0 Å². The van der Waals surface area contributed by atoms with Gasteiger partial charge in [-0.05, 0) is 67.3 Å². The molecule has 1 aromatic heterocycles. The number of aryl methyl sites for hydroxylation is 2. The summed E-state index contributed by atoms with van der Waals surface area (Å²) in [6.07, 6.45) is 2.72. The topological polar surface area (TPSA) is 12.0 Å². The van der Waals surface area contributed by atoms with Crippen LogP contribution in [0.5, 0.6) is 0 Å². The Balaban J connectivity index is 1.82. The summed E-state index contributed by atoms with van der Waals surface area (Å²) in [6, 6.07) is 11.6. The molecule has 1 aliphatic rings. The molecular formula is C16H19NS. The zero-order valence-corrected chi connectivity index (χ0v) is 11.8. The molecule has 1 heterocycles. The molecule has 2 heteroatoms. The van der Waals surface area contributed by atoms with E-state index in [-0.39, 0.29) is 0 Å². The van der Waals surface area contributed by atoms with E-state index in [4.69, 9.17) is 0 Å². The third-order valence-electron chi connectivity index (χ3n) is 3.77. The highest BCUT2D eigenvalue weighted by molar-refractivity contribution is 7.10. The van der Waals surface area contributed by atoms with Crippen LogP contribution in [0.25, 0.3) is 0 Å². The minimum atomic E-state index is 0.507. The number of hydrogen-bond acceptors (Lipinski definition) is 2. The molecule has 1 aliphatic carbocycles. The van der Waals surface area contributed by atoms with Crippen molar-refractivity contribution in [3.8, 4) is 0 Å². The van der Waals surface area contributed by atoms with Gasteiger partial charge in [0.2, 0.25) is 0 Å². The molecule has 3 rings (SSSR count). The van der Waals surface area contributed by atoms with Crippen LogP contribution in [0.1, 0.15) is 34.9 Å². The molecule has 18 heavy (non-hydrogen) atoms. The van der Waals surface area contributed by atoms with E-state index in [1.807, 2.05) is 11.3 Å². The Hall–Kier alpha value is -1.28. The predicted molar refractivity (Wildman–Crippen MR) is 79.3 cm³/mol. The van der Waals surface area contributed by atoms with Gasteiger partial charge in [0.1, 0.15) is 0 Å². The number of anilines is 1. The molecule has 1 atom stereocenters. The van der Waals surface area contributed by atoms with Gasteiger partial charge in [-0.1, -0.05) is 12.1 Å². The van der Waals surface area contributed by atoms with Crippen molar-refractivity contribution in [1.82, 2.24) is 0 Å². The van der Waals surface area contributed by atoms with Gasteiger partial charge in [-0.2, -0.15) is 0 Å². The van der Waals surface area contributed by atoms with Crippen LogP contribution in [0.4, 0.5) is 5.69 Å². The van der Waals surface area contributed by atoms with E-state index in [1.165, 1.54) is 34.5 Å². The van der Waals surface area contributed by atoms with E-state index < -0.39 is 0 Å². The van der Waals surface area contributed by atoms with Crippen molar-refractivity contribution in [3.05, 3.63) is 51.7 Å². The Kier molecular flexibility index (Phi) is 3.13. The number of benzene rings is 1. The largest absolute Gasteiger partial charge is 0.377 e. The highest BCUT2D eigenvalue weighted by Gasteiger charge is 2.32. The van der Waals surface area contributed by atoms with Crippen LogP contribution in [0.3, 0.4) is 0 Å². The van der Waals surface area contributed by atoms with Crippen LogP contribution >= 0.6 is 11.3 Å². The normalized spacial score (nSPS) is 16.6. The molecule has 1 nitrogen and oxygen atoms in total. The van der Waals surface area contributed by atoms with Crippen LogP contribution in [-0.2, 0) is 0 Å². The number of thiophene rings is 1. The van der Waals surface area contributed by atoms with Gasteiger partial charge in [-0.3, -0.25) is 0 Å². The molecular weight excluding hydrogens is 238 g/mol. The summed E-state index contributed by atoms with van der Waals surface area (Å²) in [5.74, 6) is 0.824. The second-order valence-corrected chi connectivity index (χ2v) is 6.25. The van der Waals surface area contributed by atoms with Gasteiger partial charge >= 0.3 is 0 Å². The van der Waals surface area contributed by atoms with E-state index in [2.05, 4.69) is 54.9 Å². The summed E-state index contributed by atoms with van der Waals surface area (Å²) in [5, 5.41) is 5.90. The number of nitrogens with one attached hydrogen (secondary N) is 1. The second kappa shape index (κ2) is 4.77. The lowest BCUT2D eigenvalue weighted by Crippen LogP contribution is -2.11. The molecule has 1 N–H and O–H groups in total. The van der Waals surface area contributed by atoms with Crippen molar-refractivity contribution >= 4 is 17.0 Å². The monoisotopic (exact) mass is 257 g/mol. The Morgan fingerprint density at radius 1 is 1.17 bits per heavy atom. The Bertz CT molecular complexity index is 526. The van der Waals surface area contributed by atoms with Crippen LogP contribution in [0.2, 0.25) is 0 Å². The lowest BCUT2D eigenvalue weighted by atomic mass is 10.1. The molecule has 94 valence electrons. The van der Waals surface area contributed by atoms with Gasteiger partial charge in [0.05, 0.1) is 6.04 Å². The van der Waals surface area contributed by atoms with Crippen molar-refractivity contribution in [2.75, 3.05) is 5.32 Å². The van der Waals surface area contributed by atoms with E-state index >= 15 is 0 Å². The molecule has 1 aromatic carbocycles. The van der Waals surface area contributed by atoms with Crippen molar-refractivity contribution in [3.63, 3.8) is 0 Å². The summed E-state index contributed by atoms with van der Waals surface area (Å²) in [4.78, 5) is 1.47. The zero-order valence-electron chi connectivity index (χ0n) is 10.9. The van der Waals surface area contributed by atoms with Gasteiger partial charge < -0.3 is 5.32 Å². The Morgan fingerprint density at radius 2 is 2.00 bits per heavy atom. The van der Waals surface area contributed by atoms with Crippen molar-refractivity contribution < 1.29 is 0 Å². The average Bonchev–Trinajstić information content (AvgIpc) is 3.05. The third-order valence-corrected chi connectivity index (χ3v) is 4.73. The fraction of sp³-hybridized carbons (Fsp3) is 0.375. The first kappa shape index (κ1) is 11.8. The van der Waals surface area contributed by atoms with Crippen molar-refractivity contribution in [2.45, 2.75) is 32.7 Å². The first-order chi connectivity index (χ1) is 8.74. The van der Waals surface area contributed by atoms with Gasteiger partial charge in [-0.15, -0.1) is 11.3 Å². The van der Waals surface area contributed by atoms with Crippen LogP contribution in [0.15, 0.2) is 35.7 Å². The highest BCUT2D eigenvalue weighted by atomic mass is 32.1. The van der Waals surface area contributed by atoms with E-state index in [0.29, 0.717) is 6.04 Å². The van der Waals surface area contributed by atoms with Crippen molar-refractivity contribution in [2.24, 2.45) is 5.92 Å². The van der Waals surface area contributed by atoms with Crippen LogP contribution < -0.4 is 5.32 Å². The standard InChI is InChI=1S/C16H19NS/c1-11-5-8-14(10-12(11)2)17-16(13-6-7-13)15-4-3-9-18-15/h3-5,8-10,13,16-17H,6-7H2,1-2H3. The summed E-state index contributed by atoms with van der Waals surface area (Å²) < 4.78 is 0. The molecule has 0 radical (unpaired) electrons. The zero-order chi connectivity index (χ0) is 12.5. The maximum atomic E-state index is 3.72. The van der Waals surface area contributed by atoms with Crippen LogP contribution in [-0.4, -0.2) is 0 Å².